The van der Waals surface area contributed by atoms with Crippen LogP contribution in [0.1, 0.15) is 30.4 Å². The average molecular weight is 219 g/mol. The maximum absolute atomic E-state index is 9.10. The van der Waals surface area contributed by atoms with E-state index in [1.165, 1.54) is 29.7 Å². The number of aliphatic hydroxyl groups excluding tert-OH is 1. The summed E-state index contributed by atoms with van der Waals surface area (Å²) >= 11 is 0. The normalized spacial score (nSPS) is 20.4. The second kappa shape index (κ2) is 4.88. The summed E-state index contributed by atoms with van der Waals surface area (Å²) in [5.74, 6) is 0. The van der Waals surface area contributed by atoms with Crippen LogP contribution >= 0.6 is 0 Å². The van der Waals surface area contributed by atoms with Gasteiger partial charge in [-0.15, -0.1) is 0 Å². The van der Waals surface area contributed by atoms with Gasteiger partial charge in [0.2, 0.25) is 0 Å². The van der Waals surface area contributed by atoms with Gasteiger partial charge in [-0.05, 0) is 44.2 Å². The molecule has 88 valence electrons. The molecule has 0 amide bonds. The van der Waals surface area contributed by atoms with Gasteiger partial charge in [0.05, 0.1) is 0 Å². The van der Waals surface area contributed by atoms with E-state index in [-0.39, 0.29) is 0 Å². The van der Waals surface area contributed by atoms with Gasteiger partial charge in [0, 0.05) is 24.9 Å². The molecule has 0 radical (unpaired) electrons. The van der Waals surface area contributed by atoms with Crippen molar-refractivity contribution >= 4 is 5.69 Å². The van der Waals surface area contributed by atoms with Crippen molar-refractivity contribution in [2.75, 3.05) is 18.1 Å². The van der Waals surface area contributed by atoms with Crippen LogP contribution in [0.15, 0.2) is 18.2 Å². The van der Waals surface area contributed by atoms with Gasteiger partial charge in [0.15, 0.2) is 0 Å². The molecule has 0 spiro atoms. The molecule has 1 aromatic carbocycles. The number of benzene rings is 1. The lowest BCUT2D eigenvalue weighted by Gasteiger charge is -2.29. The monoisotopic (exact) mass is 219 g/mol. The molecule has 1 fully saturated rings. The van der Waals surface area contributed by atoms with E-state index < -0.39 is 0 Å². The van der Waals surface area contributed by atoms with Crippen molar-refractivity contribution < 1.29 is 5.11 Å². The molecule has 0 aliphatic carbocycles. The lowest BCUT2D eigenvalue weighted by atomic mass is 10.1. The minimum atomic E-state index is 0.298. The van der Waals surface area contributed by atoms with Crippen molar-refractivity contribution in [3.8, 4) is 0 Å². The third-order valence-corrected chi connectivity index (χ3v) is 3.57. The molecule has 1 saturated heterocycles. The van der Waals surface area contributed by atoms with E-state index in [0.717, 1.165) is 13.0 Å². The molecule has 1 heterocycles. The van der Waals surface area contributed by atoms with Crippen LogP contribution < -0.4 is 4.90 Å². The van der Waals surface area contributed by atoms with Gasteiger partial charge in [-0.2, -0.15) is 0 Å². The first-order chi connectivity index (χ1) is 7.74. The molecule has 1 N–H and O–H groups in total. The zero-order valence-corrected chi connectivity index (χ0v) is 10.2. The first-order valence-electron chi connectivity index (χ1n) is 6.17. The summed E-state index contributed by atoms with van der Waals surface area (Å²) in [6.45, 7) is 5.79. The zero-order chi connectivity index (χ0) is 11.5. The molecule has 1 atom stereocenters. The van der Waals surface area contributed by atoms with E-state index in [1.54, 1.807) is 0 Å². The number of rotatable bonds is 3. The molecular weight excluding hydrogens is 198 g/mol. The van der Waals surface area contributed by atoms with Crippen LogP contribution in [0, 0.1) is 13.8 Å². The second-order valence-corrected chi connectivity index (χ2v) is 4.74. The maximum Gasteiger partial charge on any atom is 0.0450 e. The number of nitrogens with zero attached hydrogens (tertiary/aromatic N) is 1. The summed E-state index contributed by atoms with van der Waals surface area (Å²) in [5.41, 5.74) is 4.09. The number of aliphatic hydroxyl groups is 1. The first-order valence-corrected chi connectivity index (χ1v) is 6.17. The number of anilines is 1. The minimum absolute atomic E-state index is 0.298. The quantitative estimate of drug-likeness (QED) is 0.845. The lowest BCUT2D eigenvalue weighted by Crippen LogP contribution is -2.31. The Hall–Kier alpha value is -1.02. The number of hydrogen-bond donors (Lipinski definition) is 1. The van der Waals surface area contributed by atoms with Crippen LogP contribution in [0.25, 0.3) is 0 Å². The van der Waals surface area contributed by atoms with Gasteiger partial charge < -0.3 is 10.0 Å². The number of aryl methyl sites for hydroxylation is 2. The van der Waals surface area contributed by atoms with Crippen LogP contribution in [0.2, 0.25) is 0 Å². The Kier molecular flexibility index (Phi) is 3.49. The van der Waals surface area contributed by atoms with E-state index in [9.17, 15) is 0 Å². The van der Waals surface area contributed by atoms with Crippen molar-refractivity contribution in [2.24, 2.45) is 0 Å². The van der Waals surface area contributed by atoms with E-state index >= 15 is 0 Å². The van der Waals surface area contributed by atoms with Crippen LogP contribution in [-0.4, -0.2) is 24.3 Å². The fraction of sp³-hybridized carbons (Fsp3) is 0.571. The molecule has 0 bridgehead atoms. The van der Waals surface area contributed by atoms with E-state index in [4.69, 9.17) is 5.11 Å². The molecule has 1 unspecified atom stereocenters. The number of para-hydroxylation sites is 1. The number of hydrogen-bond acceptors (Lipinski definition) is 2. The highest BCUT2D eigenvalue weighted by molar-refractivity contribution is 5.60. The van der Waals surface area contributed by atoms with E-state index in [0.29, 0.717) is 12.6 Å². The highest BCUT2D eigenvalue weighted by Gasteiger charge is 2.25. The fourth-order valence-electron chi connectivity index (χ4n) is 2.84. The molecule has 16 heavy (non-hydrogen) atoms. The summed E-state index contributed by atoms with van der Waals surface area (Å²) in [6, 6.07) is 7.00. The average Bonchev–Trinajstić information content (AvgIpc) is 2.67. The lowest BCUT2D eigenvalue weighted by molar-refractivity contribution is 0.275. The van der Waals surface area contributed by atoms with Crippen molar-refractivity contribution in [1.82, 2.24) is 0 Å². The summed E-state index contributed by atoms with van der Waals surface area (Å²) in [6.07, 6.45) is 3.36. The van der Waals surface area contributed by atoms with Crippen LogP contribution in [0.4, 0.5) is 5.69 Å². The largest absolute Gasteiger partial charge is 0.396 e. The predicted octanol–water partition coefficient (Wildman–Crippen LogP) is 2.65. The van der Waals surface area contributed by atoms with Crippen molar-refractivity contribution in [3.63, 3.8) is 0 Å². The van der Waals surface area contributed by atoms with Crippen LogP contribution in [0.3, 0.4) is 0 Å². The van der Waals surface area contributed by atoms with Crippen molar-refractivity contribution in [1.29, 1.82) is 0 Å². The molecule has 0 aromatic heterocycles. The van der Waals surface area contributed by atoms with E-state index in [1.807, 2.05) is 0 Å². The van der Waals surface area contributed by atoms with Gasteiger partial charge in [-0.3, -0.25) is 0 Å². The molecule has 2 nitrogen and oxygen atoms in total. The highest BCUT2D eigenvalue weighted by atomic mass is 16.3. The van der Waals surface area contributed by atoms with Gasteiger partial charge in [-0.25, -0.2) is 0 Å². The first kappa shape index (κ1) is 11.5. The molecule has 1 aromatic rings. The van der Waals surface area contributed by atoms with E-state index in [2.05, 4.69) is 36.9 Å². The Morgan fingerprint density at radius 1 is 1.31 bits per heavy atom. The smallest absolute Gasteiger partial charge is 0.0450 e. The summed E-state index contributed by atoms with van der Waals surface area (Å²) in [4.78, 5) is 2.49. The van der Waals surface area contributed by atoms with Crippen LogP contribution in [0.5, 0.6) is 0 Å². The summed E-state index contributed by atoms with van der Waals surface area (Å²) in [7, 11) is 0. The predicted molar refractivity (Wildman–Crippen MR) is 68.0 cm³/mol. The van der Waals surface area contributed by atoms with Gasteiger partial charge >= 0.3 is 0 Å². The Morgan fingerprint density at radius 2 is 2.00 bits per heavy atom. The highest BCUT2D eigenvalue weighted by Crippen LogP contribution is 2.32. The van der Waals surface area contributed by atoms with Crippen molar-refractivity contribution in [2.45, 2.75) is 39.2 Å². The Bertz CT molecular complexity index is 342. The molecular formula is C14H21NO. The molecule has 2 rings (SSSR count). The SMILES string of the molecule is Cc1cccc(C)c1N1CCCC1CCO. The third-order valence-electron chi connectivity index (χ3n) is 3.57. The Labute approximate surface area is 97.9 Å². The summed E-state index contributed by atoms with van der Waals surface area (Å²) in [5, 5.41) is 9.10. The zero-order valence-electron chi connectivity index (χ0n) is 10.2. The topological polar surface area (TPSA) is 23.5 Å². The molecule has 2 heteroatoms. The standard InChI is InChI=1S/C14H21NO/c1-11-5-3-6-12(2)14(11)15-9-4-7-13(15)8-10-16/h3,5-6,13,16H,4,7-10H2,1-2H3. The second-order valence-electron chi connectivity index (χ2n) is 4.74. The van der Waals surface area contributed by atoms with Crippen LogP contribution in [-0.2, 0) is 0 Å². The molecule has 1 aliphatic rings. The molecule has 0 saturated carbocycles. The van der Waals surface area contributed by atoms with Gasteiger partial charge in [-0.1, -0.05) is 18.2 Å². The Morgan fingerprint density at radius 3 is 2.62 bits per heavy atom. The fourth-order valence-corrected chi connectivity index (χ4v) is 2.84. The van der Waals surface area contributed by atoms with Gasteiger partial charge in [0.25, 0.3) is 0 Å². The molecule has 1 aliphatic heterocycles. The van der Waals surface area contributed by atoms with Gasteiger partial charge in [0.1, 0.15) is 0 Å². The summed E-state index contributed by atoms with van der Waals surface area (Å²) < 4.78 is 0. The third kappa shape index (κ3) is 2.07. The maximum atomic E-state index is 9.10. The minimum Gasteiger partial charge on any atom is -0.396 e. The Balaban J connectivity index is 2.29. The van der Waals surface area contributed by atoms with Crippen molar-refractivity contribution in [3.05, 3.63) is 29.3 Å².